The maximum Gasteiger partial charge on any atom is 0.227 e. The number of hydrogen-bond acceptors (Lipinski definition) is 6. The van der Waals surface area contributed by atoms with Crippen LogP contribution in [0.4, 0.5) is 5.95 Å². The van der Waals surface area contributed by atoms with Gasteiger partial charge < -0.3 is 5.32 Å². The molecular weight excluding hydrogens is 324 g/mol. The molecule has 4 rings (SSSR count). The van der Waals surface area contributed by atoms with Gasteiger partial charge in [-0.05, 0) is 32.9 Å². The highest BCUT2D eigenvalue weighted by atomic mass is 32.2. The van der Waals surface area contributed by atoms with Crippen LogP contribution >= 0.6 is 11.8 Å². The topological polar surface area (TPSA) is 77.6 Å². The smallest absolute Gasteiger partial charge is 0.227 e. The second kappa shape index (κ2) is 5.77. The lowest BCUT2D eigenvalue weighted by Crippen LogP contribution is -2.31. The molecule has 0 saturated heterocycles. The Morgan fingerprint density at radius 3 is 2.96 bits per heavy atom. The summed E-state index contributed by atoms with van der Waals surface area (Å²) in [6.07, 6.45) is 6.17. The SMILES string of the molecule is CCn1ncc([C@@H]2C3=C(CCCC3=O)Nc3nc(SC)nn32)c1C. The molecule has 0 unspecified atom stereocenters. The number of carbonyl (C=O) groups is 1. The second-order valence-electron chi connectivity index (χ2n) is 6.06. The van der Waals surface area contributed by atoms with Gasteiger partial charge in [-0.3, -0.25) is 9.48 Å². The van der Waals surface area contributed by atoms with E-state index in [0.717, 1.165) is 41.9 Å². The molecule has 0 spiro atoms. The standard InChI is InChI=1S/C16H20N6OS/c1-4-21-9(2)10(8-17-21)14-13-11(6-5-7-12(13)23)18-15-19-16(24-3)20-22(14)15/h8,14H,4-7H2,1-3H3,(H,18,19,20)/t14-/m1/s1. The number of aromatic nitrogens is 5. The van der Waals surface area contributed by atoms with Crippen molar-refractivity contribution in [1.29, 1.82) is 0 Å². The summed E-state index contributed by atoms with van der Waals surface area (Å²) in [6, 6.07) is -0.238. The molecule has 0 aromatic carbocycles. The molecule has 1 N–H and O–H groups in total. The van der Waals surface area contributed by atoms with Gasteiger partial charge >= 0.3 is 0 Å². The summed E-state index contributed by atoms with van der Waals surface area (Å²) in [5.74, 6) is 0.908. The van der Waals surface area contributed by atoms with Crippen LogP contribution in [0.1, 0.15) is 43.5 Å². The summed E-state index contributed by atoms with van der Waals surface area (Å²) in [4.78, 5) is 17.2. The summed E-state index contributed by atoms with van der Waals surface area (Å²) in [5, 5.41) is 13.1. The molecule has 0 radical (unpaired) electrons. The van der Waals surface area contributed by atoms with E-state index >= 15 is 0 Å². The number of nitrogens with one attached hydrogen (secondary N) is 1. The van der Waals surface area contributed by atoms with Crippen LogP contribution < -0.4 is 5.32 Å². The molecule has 1 aliphatic heterocycles. The third kappa shape index (κ3) is 2.20. The first-order chi connectivity index (χ1) is 11.6. The van der Waals surface area contributed by atoms with Crippen LogP contribution in [0.15, 0.2) is 22.6 Å². The highest BCUT2D eigenvalue weighted by Gasteiger charge is 2.38. The van der Waals surface area contributed by atoms with E-state index < -0.39 is 0 Å². The van der Waals surface area contributed by atoms with Crippen molar-refractivity contribution in [3.05, 3.63) is 28.7 Å². The van der Waals surface area contributed by atoms with Crippen LogP contribution in [0.5, 0.6) is 0 Å². The van der Waals surface area contributed by atoms with Gasteiger partial charge in [0.2, 0.25) is 11.1 Å². The Bertz CT molecular complexity index is 849. The van der Waals surface area contributed by atoms with Crippen molar-refractivity contribution >= 4 is 23.5 Å². The number of fused-ring (bicyclic) bond motifs is 1. The maximum atomic E-state index is 12.7. The summed E-state index contributed by atoms with van der Waals surface area (Å²) in [5.41, 5.74) is 3.92. The van der Waals surface area contributed by atoms with Crippen molar-refractivity contribution in [3.8, 4) is 0 Å². The highest BCUT2D eigenvalue weighted by Crippen LogP contribution is 2.41. The minimum atomic E-state index is -0.238. The Hall–Kier alpha value is -2.09. The number of aryl methyl sites for hydroxylation is 1. The lowest BCUT2D eigenvalue weighted by atomic mass is 9.86. The minimum Gasteiger partial charge on any atom is -0.328 e. The van der Waals surface area contributed by atoms with Crippen LogP contribution in [0.25, 0.3) is 0 Å². The molecule has 126 valence electrons. The number of nitrogens with zero attached hydrogens (tertiary/aromatic N) is 5. The third-order valence-electron chi connectivity index (χ3n) is 4.77. The first-order valence-corrected chi connectivity index (χ1v) is 9.42. The second-order valence-corrected chi connectivity index (χ2v) is 6.84. The Morgan fingerprint density at radius 1 is 1.42 bits per heavy atom. The number of anilines is 1. The zero-order chi connectivity index (χ0) is 16.8. The number of thioether (sulfide) groups is 1. The van der Waals surface area contributed by atoms with E-state index in [9.17, 15) is 4.79 Å². The molecule has 0 saturated carbocycles. The fraction of sp³-hybridized carbons (Fsp3) is 0.500. The van der Waals surface area contributed by atoms with Crippen molar-refractivity contribution in [2.75, 3.05) is 11.6 Å². The van der Waals surface area contributed by atoms with E-state index in [1.165, 1.54) is 11.8 Å². The summed E-state index contributed by atoms with van der Waals surface area (Å²) < 4.78 is 3.80. The quantitative estimate of drug-likeness (QED) is 0.862. The van der Waals surface area contributed by atoms with Gasteiger partial charge in [-0.2, -0.15) is 10.1 Å². The fourth-order valence-corrected chi connectivity index (χ4v) is 3.91. The first-order valence-electron chi connectivity index (χ1n) is 8.20. The highest BCUT2D eigenvalue weighted by molar-refractivity contribution is 7.98. The Labute approximate surface area is 144 Å². The van der Waals surface area contributed by atoms with Crippen molar-refractivity contribution in [1.82, 2.24) is 24.5 Å². The van der Waals surface area contributed by atoms with E-state index in [1.807, 2.05) is 28.7 Å². The monoisotopic (exact) mass is 344 g/mol. The lowest BCUT2D eigenvalue weighted by molar-refractivity contribution is -0.116. The summed E-state index contributed by atoms with van der Waals surface area (Å²) >= 11 is 1.50. The van der Waals surface area contributed by atoms with Crippen LogP contribution in [0, 0.1) is 6.92 Å². The van der Waals surface area contributed by atoms with Crippen molar-refractivity contribution in [2.45, 2.75) is 50.9 Å². The molecule has 2 aliphatic rings. The number of rotatable bonds is 3. The van der Waals surface area contributed by atoms with Crippen molar-refractivity contribution < 1.29 is 4.79 Å². The van der Waals surface area contributed by atoms with Gasteiger partial charge in [-0.25, -0.2) is 4.68 Å². The molecule has 0 amide bonds. The van der Waals surface area contributed by atoms with Crippen molar-refractivity contribution in [2.24, 2.45) is 0 Å². The third-order valence-corrected chi connectivity index (χ3v) is 5.30. The molecule has 1 atom stereocenters. The fourth-order valence-electron chi connectivity index (χ4n) is 3.56. The molecule has 2 aromatic heterocycles. The van der Waals surface area contributed by atoms with Gasteiger partial charge in [-0.1, -0.05) is 11.8 Å². The van der Waals surface area contributed by atoms with Gasteiger partial charge in [0.15, 0.2) is 5.78 Å². The summed E-state index contributed by atoms with van der Waals surface area (Å²) in [6.45, 7) is 4.92. The predicted octanol–water partition coefficient (Wildman–Crippen LogP) is 2.55. The number of ketones is 1. The number of Topliss-reactive ketones (excluding diaryl/α,β-unsaturated/α-hetero) is 1. The molecular formula is C16H20N6OS. The largest absolute Gasteiger partial charge is 0.328 e. The van der Waals surface area contributed by atoms with E-state index in [1.54, 1.807) is 0 Å². The number of carbonyl (C=O) groups excluding carboxylic acids is 1. The predicted molar refractivity (Wildman–Crippen MR) is 92.1 cm³/mol. The molecule has 0 bridgehead atoms. The normalized spacial score (nSPS) is 20.0. The van der Waals surface area contributed by atoms with Gasteiger partial charge in [-0.15, -0.1) is 5.10 Å². The van der Waals surface area contributed by atoms with Crippen LogP contribution in [0.2, 0.25) is 0 Å². The zero-order valence-electron chi connectivity index (χ0n) is 14.0. The average Bonchev–Trinajstić information content (AvgIpc) is 3.16. The number of allylic oxidation sites excluding steroid dienone is 2. The number of hydrogen-bond donors (Lipinski definition) is 1. The van der Waals surface area contributed by atoms with Crippen LogP contribution in [-0.2, 0) is 11.3 Å². The summed E-state index contributed by atoms with van der Waals surface area (Å²) in [7, 11) is 0. The van der Waals surface area contributed by atoms with Crippen LogP contribution in [-0.4, -0.2) is 36.6 Å². The molecule has 3 heterocycles. The first kappa shape index (κ1) is 15.4. The van der Waals surface area contributed by atoms with E-state index in [4.69, 9.17) is 0 Å². The van der Waals surface area contributed by atoms with E-state index in [0.29, 0.717) is 17.5 Å². The maximum absolute atomic E-state index is 12.7. The molecule has 24 heavy (non-hydrogen) atoms. The average molecular weight is 344 g/mol. The van der Waals surface area contributed by atoms with E-state index in [-0.39, 0.29) is 11.8 Å². The Morgan fingerprint density at radius 2 is 2.25 bits per heavy atom. The Kier molecular flexibility index (Phi) is 3.71. The van der Waals surface area contributed by atoms with Crippen molar-refractivity contribution in [3.63, 3.8) is 0 Å². The van der Waals surface area contributed by atoms with Gasteiger partial charge in [0, 0.05) is 35.5 Å². The Balaban J connectivity index is 1.92. The molecule has 7 nitrogen and oxygen atoms in total. The molecule has 1 aliphatic carbocycles. The van der Waals surface area contributed by atoms with Gasteiger partial charge in [0.1, 0.15) is 6.04 Å². The lowest BCUT2D eigenvalue weighted by Gasteiger charge is -2.31. The van der Waals surface area contributed by atoms with Gasteiger partial charge in [0.05, 0.1) is 6.20 Å². The van der Waals surface area contributed by atoms with Crippen LogP contribution in [0.3, 0.4) is 0 Å². The molecule has 0 fully saturated rings. The zero-order valence-corrected chi connectivity index (χ0v) is 14.9. The molecule has 8 heteroatoms. The molecule has 2 aromatic rings. The van der Waals surface area contributed by atoms with Gasteiger partial charge in [0.25, 0.3) is 0 Å². The minimum absolute atomic E-state index is 0.198. The van der Waals surface area contributed by atoms with E-state index in [2.05, 4.69) is 27.4 Å².